The molecule has 0 fully saturated rings. The van der Waals surface area contributed by atoms with Crippen LogP contribution in [0.1, 0.15) is 18.1 Å². The van der Waals surface area contributed by atoms with E-state index in [1.165, 1.54) is 11.1 Å². The van der Waals surface area contributed by atoms with Crippen molar-refractivity contribution in [2.45, 2.75) is 32.1 Å². The van der Waals surface area contributed by atoms with E-state index in [2.05, 4.69) is 44.8 Å². The minimum absolute atomic E-state index is 0.0999. The molecule has 0 spiro atoms. The maximum absolute atomic E-state index is 10.5. The summed E-state index contributed by atoms with van der Waals surface area (Å²) in [5, 5.41) is 17.1. The number of hydrogen-bond acceptors (Lipinski definition) is 5. The van der Waals surface area contributed by atoms with E-state index in [0.29, 0.717) is 32.2 Å². The summed E-state index contributed by atoms with van der Waals surface area (Å²) in [7, 11) is 0. The van der Waals surface area contributed by atoms with Crippen molar-refractivity contribution in [2.24, 2.45) is 4.99 Å². The van der Waals surface area contributed by atoms with E-state index in [-0.39, 0.29) is 6.10 Å². The summed E-state index contributed by atoms with van der Waals surface area (Å²) in [6.45, 7) is 6.64. The zero-order chi connectivity index (χ0) is 21.5. The number of ether oxygens (including phenoxy) is 2. The van der Waals surface area contributed by atoms with E-state index in [0.717, 1.165) is 37.6 Å². The smallest absolute Gasteiger partial charge is 0.191 e. The maximum Gasteiger partial charge on any atom is 0.191 e. The van der Waals surface area contributed by atoms with Crippen LogP contribution in [0.2, 0.25) is 0 Å². The van der Waals surface area contributed by atoms with Gasteiger partial charge in [0.05, 0.1) is 19.2 Å². The molecule has 0 radical (unpaired) electrons. The van der Waals surface area contributed by atoms with Crippen molar-refractivity contribution in [1.29, 1.82) is 0 Å². The van der Waals surface area contributed by atoms with Crippen molar-refractivity contribution >= 4 is 5.96 Å². The first-order chi connectivity index (χ1) is 15.2. The van der Waals surface area contributed by atoms with Crippen molar-refractivity contribution in [3.05, 3.63) is 59.7 Å². The third-order valence-corrected chi connectivity index (χ3v) is 5.55. The highest BCUT2D eigenvalue weighted by atomic mass is 16.6. The predicted molar refractivity (Wildman–Crippen MR) is 122 cm³/mol. The first kappa shape index (κ1) is 21.5. The van der Waals surface area contributed by atoms with Gasteiger partial charge in [0, 0.05) is 26.2 Å². The second kappa shape index (κ2) is 10.5. The summed E-state index contributed by atoms with van der Waals surface area (Å²) in [5.41, 5.74) is 2.78. The van der Waals surface area contributed by atoms with Crippen LogP contribution in [0.4, 0.5) is 0 Å². The minimum atomic E-state index is -0.512. The quantitative estimate of drug-likeness (QED) is 0.465. The van der Waals surface area contributed by atoms with E-state index >= 15 is 0 Å². The highest BCUT2D eigenvalue weighted by molar-refractivity contribution is 5.79. The summed E-state index contributed by atoms with van der Waals surface area (Å²) in [5.74, 6) is 2.22. The second-order valence-electron chi connectivity index (χ2n) is 8.01. The summed E-state index contributed by atoms with van der Waals surface area (Å²) in [6.07, 6.45) is 0.419. The van der Waals surface area contributed by atoms with Crippen LogP contribution in [0.5, 0.6) is 11.5 Å². The van der Waals surface area contributed by atoms with Crippen molar-refractivity contribution in [2.75, 3.05) is 39.3 Å². The van der Waals surface area contributed by atoms with Gasteiger partial charge in [0.25, 0.3) is 0 Å². The molecule has 0 saturated carbocycles. The van der Waals surface area contributed by atoms with Crippen LogP contribution in [0, 0.1) is 0 Å². The Hall–Kier alpha value is -2.77. The fourth-order valence-corrected chi connectivity index (χ4v) is 3.98. The van der Waals surface area contributed by atoms with Gasteiger partial charge in [0.2, 0.25) is 0 Å². The monoisotopic (exact) mass is 424 g/mol. The average Bonchev–Trinajstić information content (AvgIpc) is 2.80. The fourth-order valence-electron chi connectivity index (χ4n) is 3.98. The Balaban J connectivity index is 1.25. The molecule has 2 heterocycles. The molecule has 0 aromatic heterocycles. The number of aliphatic imine (C=N–C) groups is 1. The molecular weight excluding hydrogens is 392 g/mol. The third-order valence-electron chi connectivity index (χ3n) is 5.55. The number of hydrogen-bond donors (Lipinski definition) is 3. The molecule has 0 amide bonds. The molecule has 166 valence electrons. The second-order valence-corrected chi connectivity index (χ2v) is 8.01. The van der Waals surface area contributed by atoms with Crippen LogP contribution in [0.25, 0.3) is 0 Å². The number of aliphatic hydroxyl groups is 1. The molecule has 2 aromatic carbocycles. The highest BCUT2D eigenvalue weighted by Gasteiger charge is 2.21. The lowest BCUT2D eigenvalue weighted by atomic mass is 10.00. The van der Waals surface area contributed by atoms with Gasteiger partial charge in [-0.05, 0) is 36.6 Å². The largest absolute Gasteiger partial charge is 0.486 e. The van der Waals surface area contributed by atoms with Gasteiger partial charge in [0.15, 0.2) is 17.5 Å². The van der Waals surface area contributed by atoms with E-state index in [1.807, 2.05) is 31.2 Å². The van der Waals surface area contributed by atoms with Crippen LogP contribution in [-0.2, 0) is 13.0 Å². The van der Waals surface area contributed by atoms with Crippen molar-refractivity contribution in [3.8, 4) is 11.5 Å². The molecule has 7 nitrogen and oxygen atoms in total. The topological polar surface area (TPSA) is 78.4 Å². The molecule has 3 N–H and O–H groups in total. The standard InChI is InChI=1S/C24H32N4O3/c1-2-25-24(27-14-21-17-30-22-9-5-6-10-23(22)31-21)26-13-20(29)16-28-12-11-18-7-3-4-8-19(18)15-28/h3-10,20-21,29H,2,11-17H2,1H3,(H2,25,26,27). The molecule has 2 aromatic rings. The number of fused-ring (bicyclic) bond motifs is 2. The number of aliphatic hydroxyl groups excluding tert-OH is 1. The molecule has 31 heavy (non-hydrogen) atoms. The normalized spacial score (nSPS) is 19.4. The summed E-state index contributed by atoms with van der Waals surface area (Å²) >= 11 is 0. The molecule has 2 atom stereocenters. The average molecular weight is 425 g/mol. The molecule has 0 bridgehead atoms. The Morgan fingerprint density at radius 2 is 1.90 bits per heavy atom. The predicted octanol–water partition coefficient (Wildman–Crippen LogP) is 1.80. The Labute approximate surface area is 184 Å². The zero-order valence-electron chi connectivity index (χ0n) is 18.1. The van der Waals surface area contributed by atoms with Crippen molar-refractivity contribution in [1.82, 2.24) is 15.5 Å². The summed E-state index contributed by atoms with van der Waals surface area (Å²) in [4.78, 5) is 6.87. The van der Waals surface area contributed by atoms with Gasteiger partial charge < -0.3 is 25.2 Å². The Bertz CT molecular complexity index is 889. The van der Waals surface area contributed by atoms with Crippen LogP contribution in [-0.4, -0.2) is 67.5 Å². The molecular formula is C24H32N4O3. The number of para-hydroxylation sites is 2. The number of β-amino-alcohol motifs (C(OH)–C–C–N with tert-alkyl or cyclic N) is 1. The Morgan fingerprint density at radius 3 is 2.74 bits per heavy atom. The van der Waals surface area contributed by atoms with Crippen LogP contribution in [0.15, 0.2) is 53.5 Å². The SMILES string of the molecule is CCNC(=NCC(O)CN1CCc2ccccc2C1)NCC1COc2ccccc2O1. The maximum atomic E-state index is 10.5. The fraction of sp³-hybridized carbons (Fsp3) is 0.458. The molecule has 2 aliphatic heterocycles. The summed E-state index contributed by atoms with van der Waals surface area (Å²) < 4.78 is 11.8. The van der Waals surface area contributed by atoms with E-state index in [1.54, 1.807) is 0 Å². The van der Waals surface area contributed by atoms with Gasteiger partial charge in [-0.25, -0.2) is 0 Å². The minimum Gasteiger partial charge on any atom is -0.486 e. The molecule has 2 aliphatic rings. The first-order valence-corrected chi connectivity index (χ1v) is 11.1. The van der Waals surface area contributed by atoms with Gasteiger partial charge in [0.1, 0.15) is 12.7 Å². The number of guanidine groups is 1. The first-order valence-electron chi connectivity index (χ1n) is 11.1. The van der Waals surface area contributed by atoms with E-state index in [4.69, 9.17) is 9.47 Å². The molecule has 0 saturated heterocycles. The van der Waals surface area contributed by atoms with E-state index < -0.39 is 6.10 Å². The van der Waals surface area contributed by atoms with Crippen LogP contribution in [0.3, 0.4) is 0 Å². The lowest BCUT2D eigenvalue weighted by molar-refractivity contribution is 0.0935. The van der Waals surface area contributed by atoms with Crippen LogP contribution >= 0.6 is 0 Å². The lowest BCUT2D eigenvalue weighted by Crippen LogP contribution is -2.46. The lowest BCUT2D eigenvalue weighted by Gasteiger charge is -2.30. The van der Waals surface area contributed by atoms with Crippen molar-refractivity contribution in [3.63, 3.8) is 0 Å². The molecule has 4 rings (SSSR count). The van der Waals surface area contributed by atoms with Crippen LogP contribution < -0.4 is 20.1 Å². The van der Waals surface area contributed by atoms with Gasteiger partial charge >= 0.3 is 0 Å². The van der Waals surface area contributed by atoms with Gasteiger partial charge in [-0.2, -0.15) is 0 Å². The molecule has 0 aliphatic carbocycles. The van der Waals surface area contributed by atoms with Gasteiger partial charge in [-0.15, -0.1) is 0 Å². The molecule has 7 heteroatoms. The zero-order valence-corrected chi connectivity index (χ0v) is 18.1. The third kappa shape index (κ3) is 5.89. The number of rotatable bonds is 7. The summed E-state index contributed by atoms with van der Waals surface area (Å²) in [6, 6.07) is 16.2. The molecule has 2 unspecified atom stereocenters. The van der Waals surface area contributed by atoms with Gasteiger partial charge in [-0.3, -0.25) is 9.89 Å². The van der Waals surface area contributed by atoms with Gasteiger partial charge in [-0.1, -0.05) is 36.4 Å². The number of benzene rings is 2. The van der Waals surface area contributed by atoms with Crippen molar-refractivity contribution < 1.29 is 14.6 Å². The Morgan fingerprint density at radius 1 is 1.13 bits per heavy atom. The number of nitrogens with zero attached hydrogens (tertiary/aromatic N) is 2. The number of nitrogens with one attached hydrogen (secondary N) is 2. The Kier molecular flexibility index (Phi) is 7.27. The highest BCUT2D eigenvalue weighted by Crippen LogP contribution is 2.30. The van der Waals surface area contributed by atoms with E-state index in [9.17, 15) is 5.11 Å².